The molecule has 1 saturated heterocycles. The fourth-order valence-corrected chi connectivity index (χ4v) is 2.96. The summed E-state index contributed by atoms with van der Waals surface area (Å²) in [6.07, 6.45) is 2.18. The van der Waals surface area contributed by atoms with Crippen molar-refractivity contribution in [3.05, 3.63) is 41.3 Å². The molecule has 1 fully saturated rings. The highest BCUT2D eigenvalue weighted by molar-refractivity contribution is 5.45. The summed E-state index contributed by atoms with van der Waals surface area (Å²) in [4.78, 5) is 2.31. The first-order valence-corrected chi connectivity index (χ1v) is 7.21. The van der Waals surface area contributed by atoms with Crippen molar-refractivity contribution in [2.24, 2.45) is 0 Å². The van der Waals surface area contributed by atoms with Crippen molar-refractivity contribution in [2.45, 2.75) is 32.4 Å². The summed E-state index contributed by atoms with van der Waals surface area (Å²) in [5, 5.41) is 14.2. The molecular formula is C16H20N2O3. The van der Waals surface area contributed by atoms with Crippen LogP contribution in [-0.4, -0.2) is 28.8 Å². The minimum atomic E-state index is 0.222. The molecule has 1 aromatic carbocycles. The summed E-state index contributed by atoms with van der Waals surface area (Å²) in [6, 6.07) is 7.82. The van der Waals surface area contributed by atoms with Gasteiger partial charge in [0.2, 0.25) is 0 Å². The Hall–Kier alpha value is -2.01. The predicted molar refractivity (Wildman–Crippen MR) is 78.3 cm³/mol. The maximum Gasteiger partial charge on any atom is 0.162 e. The topological polar surface area (TPSA) is 58.7 Å². The molecule has 0 amide bonds. The van der Waals surface area contributed by atoms with Gasteiger partial charge < -0.3 is 14.4 Å². The summed E-state index contributed by atoms with van der Waals surface area (Å²) in [5.74, 6) is 1.64. The second-order valence-electron chi connectivity index (χ2n) is 5.47. The van der Waals surface area contributed by atoms with Crippen molar-refractivity contribution in [1.29, 1.82) is 0 Å². The molecule has 1 atom stereocenters. The van der Waals surface area contributed by atoms with Crippen LogP contribution in [0.5, 0.6) is 11.5 Å². The van der Waals surface area contributed by atoms with Crippen LogP contribution in [-0.2, 0) is 6.54 Å². The summed E-state index contributed by atoms with van der Waals surface area (Å²) >= 11 is 0. The number of aromatic hydroxyl groups is 1. The van der Waals surface area contributed by atoms with Gasteiger partial charge >= 0.3 is 0 Å². The highest BCUT2D eigenvalue weighted by atomic mass is 16.5. The van der Waals surface area contributed by atoms with Gasteiger partial charge in [0.1, 0.15) is 0 Å². The molecule has 0 aliphatic carbocycles. The van der Waals surface area contributed by atoms with E-state index in [4.69, 9.17) is 9.26 Å². The number of nitrogens with zero attached hydrogens (tertiary/aromatic N) is 2. The molecule has 0 bridgehead atoms. The average molecular weight is 288 g/mol. The minimum Gasteiger partial charge on any atom is -0.504 e. The number of likely N-dealkylation sites (tertiary alicyclic amines) is 1. The minimum absolute atomic E-state index is 0.222. The molecule has 21 heavy (non-hydrogen) atoms. The number of phenolic OH excluding ortho intramolecular Hbond substituents is 1. The van der Waals surface area contributed by atoms with Crippen molar-refractivity contribution in [2.75, 3.05) is 13.7 Å². The van der Waals surface area contributed by atoms with Crippen LogP contribution < -0.4 is 4.74 Å². The van der Waals surface area contributed by atoms with Gasteiger partial charge in [0, 0.05) is 18.2 Å². The Morgan fingerprint density at radius 3 is 3.05 bits per heavy atom. The number of aryl methyl sites for hydroxylation is 1. The van der Waals surface area contributed by atoms with Gasteiger partial charge in [-0.1, -0.05) is 17.3 Å². The molecular weight excluding hydrogens is 268 g/mol. The Kier molecular flexibility index (Phi) is 3.84. The number of phenols is 1. The van der Waals surface area contributed by atoms with Crippen molar-refractivity contribution in [3.63, 3.8) is 0 Å². The largest absolute Gasteiger partial charge is 0.504 e. The van der Waals surface area contributed by atoms with Gasteiger partial charge in [-0.2, -0.15) is 0 Å². The van der Waals surface area contributed by atoms with Gasteiger partial charge in [0.15, 0.2) is 17.3 Å². The van der Waals surface area contributed by atoms with E-state index in [0.717, 1.165) is 36.4 Å². The van der Waals surface area contributed by atoms with Crippen LogP contribution in [0, 0.1) is 6.92 Å². The first kappa shape index (κ1) is 13.9. The monoisotopic (exact) mass is 288 g/mol. The number of benzene rings is 1. The van der Waals surface area contributed by atoms with E-state index in [1.54, 1.807) is 13.2 Å². The summed E-state index contributed by atoms with van der Waals surface area (Å²) in [5.41, 5.74) is 1.78. The molecule has 5 heteroatoms. The van der Waals surface area contributed by atoms with Gasteiger partial charge in [-0.25, -0.2) is 0 Å². The first-order chi connectivity index (χ1) is 10.2. The van der Waals surface area contributed by atoms with E-state index < -0.39 is 0 Å². The number of rotatable bonds is 4. The third-order valence-electron chi connectivity index (χ3n) is 4.01. The quantitative estimate of drug-likeness (QED) is 0.937. The van der Waals surface area contributed by atoms with E-state index >= 15 is 0 Å². The van der Waals surface area contributed by atoms with Crippen LogP contribution in [0.4, 0.5) is 0 Å². The molecule has 1 aromatic heterocycles. The van der Waals surface area contributed by atoms with E-state index in [-0.39, 0.29) is 11.8 Å². The highest BCUT2D eigenvalue weighted by Gasteiger charge is 2.29. The van der Waals surface area contributed by atoms with Crippen LogP contribution in [0.3, 0.4) is 0 Å². The smallest absolute Gasteiger partial charge is 0.162 e. The molecule has 0 radical (unpaired) electrons. The summed E-state index contributed by atoms with van der Waals surface area (Å²) < 4.78 is 10.6. The van der Waals surface area contributed by atoms with Crippen LogP contribution in [0.2, 0.25) is 0 Å². The average Bonchev–Trinajstić information content (AvgIpc) is 3.10. The SMILES string of the molecule is COc1cccc(CN2CCCC2c2cc(C)no2)c1O. The van der Waals surface area contributed by atoms with Crippen molar-refractivity contribution in [1.82, 2.24) is 10.1 Å². The molecule has 3 rings (SSSR count). The molecule has 5 nitrogen and oxygen atoms in total. The lowest BCUT2D eigenvalue weighted by Gasteiger charge is -2.23. The Balaban J connectivity index is 1.81. The van der Waals surface area contributed by atoms with Crippen molar-refractivity contribution in [3.8, 4) is 11.5 Å². The Morgan fingerprint density at radius 1 is 1.48 bits per heavy atom. The lowest BCUT2D eigenvalue weighted by atomic mass is 10.1. The standard InChI is InChI=1S/C16H20N2O3/c1-11-9-15(21-17-11)13-6-4-8-18(13)10-12-5-3-7-14(20-2)16(12)19/h3,5,7,9,13,19H,4,6,8,10H2,1-2H3. The zero-order chi connectivity index (χ0) is 14.8. The zero-order valence-corrected chi connectivity index (χ0v) is 12.4. The van der Waals surface area contributed by atoms with E-state index in [0.29, 0.717) is 12.3 Å². The van der Waals surface area contributed by atoms with Crippen molar-refractivity contribution >= 4 is 0 Å². The van der Waals surface area contributed by atoms with Gasteiger partial charge in [-0.3, -0.25) is 4.90 Å². The fourth-order valence-electron chi connectivity index (χ4n) is 2.96. The molecule has 2 heterocycles. The van der Waals surface area contributed by atoms with E-state index in [9.17, 15) is 5.11 Å². The molecule has 1 unspecified atom stereocenters. The lowest BCUT2D eigenvalue weighted by molar-refractivity contribution is 0.204. The molecule has 1 N–H and O–H groups in total. The number of hydrogen-bond donors (Lipinski definition) is 1. The fraction of sp³-hybridized carbons (Fsp3) is 0.438. The molecule has 112 valence electrons. The zero-order valence-electron chi connectivity index (χ0n) is 12.4. The predicted octanol–water partition coefficient (Wildman–Crippen LogP) is 3.03. The first-order valence-electron chi connectivity index (χ1n) is 7.21. The lowest BCUT2D eigenvalue weighted by Crippen LogP contribution is -2.22. The number of hydrogen-bond acceptors (Lipinski definition) is 5. The molecule has 0 spiro atoms. The summed E-state index contributed by atoms with van der Waals surface area (Å²) in [6.45, 7) is 3.59. The highest BCUT2D eigenvalue weighted by Crippen LogP contribution is 2.36. The van der Waals surface area contributed by atoms with Crippen LogP contribution in [0.25, 0.3) is 0 Å². The maximum atomic E-state index is 10.2. The molecule has 0 saturated carbocycles. The molecule has 2 aromatic rings. The number of ether oxygens (including phenoxy) is 1. The number of para-hydroxylation sites is 1. The Morgan fingerprint density at radius 2 is 2.33 bits per heavy atom. The number of methoxy groups -OCH3 is 1. The Labute approximate surface area is 124 Å². The third kappa shape index (κ3) is 2.74. The van der Waals surface area contributed by atoms with E-state index in [1.807, 2.05) is 25.1 Å². The summed E-state index contributed by atoms with van der Waals surface area (Å²) in [7, 11) is 1.56. The van der Waals surface area contributed by atoms with Gasteiger partial charge in [-0.15, -0.1) is 0 Å². The Bertz CT molecular complexity index is 624. The second kappa shape index (κ2) is 5.77. The van der Waals surface area contributed by atoms with Crippen LogP contribution in [0.15, 0.2) is 28.8 Å². The molecule has 1 aliphatic rings. The van der Waals surface area contributed by atoms with Gasteiger partial charge in [-0.05, 0) is 32.4 Å². The second-order valence-corrected chi connectivity index (χ2v) is 5.47. The van der Waals surface area contributed by atoms with Crippen LogP contribution >= 0.6 is 0 Å². The van der Waals surface area contributed by atoms with E-state index in [1.165, 1.54) is 0 Å². The van der Waals surface area contributed by atoms with Crippen molar-refractivity contribution < 1.29 is 14.4 Å². The third-order valence-corrected chi connectivity index (χ3v) is 4.01. The normalized spacial score (nSPS) is 19.0. The van der Waals surface area contributed by atoms with Crippen LogP contribution in [0.1, 0.15) is 35.9 Å². The number of aromatic nitrogens is 1. The molecule has 1 aliphatic heterocycles. The van der Waals surface area contributed by atoms with E-state index in [2.05, 4.69) is 10.1 Å². The van der Waals surface area contributed by atoms with Gasteiger partial charge in [0.25, 0.3) is 0 Å². The van der Waals surface area contributed by atoms with Gasteiger partial charge in [0.05, 0.1) is 18.8 Å². The maximum absolute atomic E-state index is 10.2.